The van der Waals surface area contributed by atoms with Gasteiger partial charge in [-0.3, -0.25) is 0 Å². The molecule has 0 fully saturated rings. The Bertz CT molecular complexity index is 914. The van der Waals surface area contributed by atoms with E-state index in [0.717, 1.165) is 5.56 Å². The molecule has 0 aliphatic rings. The molecule has 0 aromatic heterocycles. The predicted octanol–water partition coefficient (Wildman–Crippen LogP) is 3.88. The van der Waals surface area contributed by atoms with Crippen molar-refractivity contribution in [2.45, 2.75) is 0 Å². The maximum Gasteiger partial charge on any atom is 0.339 e. The van der Waals surface area contributed by atoms with Gasteiger partial charge in [-0.05, 0) is 35.4 Å². The minimum atomic E-state index is -0.607. The molecule has 28 heavy (non-hydrogen) atoms. The highest BCUT2D eigenvalue weighted by atomic mass is 16.5. The van der Waals surface area contributed by atoms with Gasteiger partial charge in [0.05, 0.1) is 39.6 Å². The first-order valence-electron chi connectivity index (χ1n) is 8.35. The molecule has 0 heterocycles. The van der Waals surface area contributed by atoms with Crippen LogP contribution in [0.4, 0.5) is 0 Å². The monoisotopic (exact) mass is 379 g/mol. The third kappa shape index (κ3) is 4.71. The van der Waals surface area contributed by atoms with E-state index < -0.39 is 5.97 Å². The van der Waals surface area contributed by atoms with E-state index >= 15 is 0 Å². The zero-order chi connectivity index (χ0) is 20.5. The fraction of sp³-hybridized carbons (Fsp3) is 0.182. The lowest BCUT2D eigenvalue weighted by Gasteiger charge is -2.13. The van der Waals surface area contributed by atoms with Crippen molar-refractivity contribution in [3.63, 3.8) is 0 Å². The largest absolute Gasteiger partial charge is 0.493 e. The summed E-state index contributed by atoms with van der Waals surface area (Å²) in [7, 11) is 5.79. The molecule has 0 bridgehead atoms. The Morgan fingerprint density at radius 1 is 0.893 bits per heavy atom. The fourth-order valence-electron chi connectivity index (χ4n) is 2.59. The van der Waals surface area contributed by atoms with Crippen LogP contribution in [0.3, 0.4) is 0 Å². The molecule has 0 saturated carbocycles. The number of benzene rings is 2. The Kier molecular flexibility index (Phi) is 7.23. The molecule has 2 aromatic rings. The highest BCUT2D eigenvalue weighted by Crippen LogP contribution is 2.39. The zero-order valence-electron chi connectivity index (χ0n) is 16.2. The van der Waals surface area contributed by atoms with E-state index in [4.69, 9.17) is 18.9 Å². The van der Waals surface area contributed by atoms with E-state index in [2.05, 4.69) is 6.07 Å². The molecule has 2 aromatic carbocycles. The number of carbonyl (C=O) groups is 1. The predicted molar refractivity (Wildman–Crippen MR) is 106 cm³/mol. The number of nitriles is 1. The number of carbonyl (C=O) groups excluding carboxylic acids is 1. The second-order valence-electron chi connectivity index (χ2n) is 5.59. The maximum absolute atomic E-state index is 12.3. The van der Waals surface area contributed by atoms with Crippen LogP contribution in [0.1, 0.15) is 11.1 Å². The summed E-state index contributed by atoms with van der Waals surface area (Å²) in [6.45, 7) is 0. The molecule has 0 spiro atoms. The molecule has 6 heteroatoms. The third-order valence-corrected chi connectivity index (χ3v) is 3.92. The molecule has 2 rings (SSSR count). The van der Waals surface area contributed by atoms with E-state index in [-0.39, 0.29) is 11.1 Å². The van der Waals surface area contributed by atoms with Crippen LogP contribution in [0, 0.1) is 11.3 Å². The Morgan fingerprint density at radius 3 is 1.96 bits per heavy atom. The molecule has 0 atom stereocenters. The van der Waals surface area contributed by atoms with Crippen LogP contribution >= 0.6 is 0 Å². The Morgan fingerprint density at radius 2 is 1.50 bits per heavy atom. The molecule has 0 N–H and O–H groups in total. The minimum Gasteiger partial charge on any atom is -0.493 e. The molecule has 0 saturated heterocycles. The van der Waals surface area contributed by atoms with Gasteiger partial charge in [-0.25, -0.2) is 4.79 Å². The van der Waals surface area contributed by atoms with Crippen molar-refractivity contribution in [2.24, 2.45) is 0 Å². The second-order valence-corrected chi connectivity index (χ2v) is 5.59. The van der Waals surface area contributed by atoms with Crippen LogP contribution in [-0.4, -0.2) is 34.4 Å². The summed E-state index contributed by atoms with van der Waals surface area (Å²) in [5.74, 6) is 0.715. The summed E-state index contributed by atoms with van der Waals surface area (Å²) in [5, 5.41) is 9.68. The Balaban J connectivity index is 2.61. The summed E-state index contributed by atoms with van der Waals surface area (Å²) in [6, 6.07) is 14.7. The number of nitrogens with zero attached hydrogens (tertiary/aromatic N) is 1. The summed E-state index contributed by atoms with van der Waals surface area (Å²) in [5.41, 5.74) is 1.66. The van der Waals surface area contributed by atoms with E-state index in [1.807, 2.05) is 30.3 Å². The first-order chi connectivity index (χ1) is 13.6. The number of esters is 1. The van der Waals surface area contributed by atoms with Crippen molar-refractivity contribution in [2.75, 3.05) is 28.4 Å². The van der Waals surface area contributed by atoms with E-state index in [1.165, 1.54) is 28.4 Å². The van der Waals surface area contributed by atoms with Gasteiger partial charge in [-0.15, -0.1) is 0 Å². The quantitative estimate of drug-likeness (QED) is 0.314. The lowest BCUT2D eigenvalue weighted by atomic mass is 10.0. The van der Waals surface area contributed by atoms with Gasteiger partial charge in [0.25, 0.3) is 0 Å². The van der Waals surface area contributed by atoms with Crippen LogP contribution < -0.4 is 14.2 Å². The number of hydrogen-bond acceptors (Lipinski definition) is 6. The average Bonchev–Trinajstić information content (AvgIpc) is 2.75. The van der Waals surface area contributed by atoms with Crippen molar-refractivity contribution in [1.82, 2.24) is 0 Å². The summed E-state index contributed by atoms with van der Waals surface area (Å²) in [4.78, 5) is 12.3. The van der Waals surface area contributed by atoms with Crippen molar-refractivity contribution in [3.05, 3.63) is 64.7 Å². The summed E-state index contributed by atoms with van der Waals surface area (Å²) >= 11 is 0. The van der Waals surface area contributed by atoms with Gasteiger partial charge >= 0.3 is 5.97 Å². The van der Waals surface area contributed by atoms with Gasteiger partial charge in [-0.1, -0.05) is 30.3 Å². The van der Waals surface area contributed by atoms with Crippen LogP contribution in [-0.2, 0) is 9.53 Å². The number of rotatable bonds is 7. The number of ether oxygens (including phenoxy) is 4. The molecule has 0 radical (unpaired) electrons. The first kappa shape index (κ1) is 20.6. The summed E-state index contributed by atoms with van der Waals surface area (Å²) < 4.78 is 20.8. The van der Waals surface area contributed by atoms with Gasteiger partial charge in [0, 0.05) is 0 Å². The summed E-state index contributed by atoms with van der Waals surface area (Å²) in [6.07, 6.45) is 3.18. The Labute approximate surface area is 164 Å². The van der Waals surface area contributed by atoms with E-state index in [9.17, 15) is 10.1 Å². The van der Waals surface area contributed by atoms with Gasteiger partial charge in [0.1, 0.15) is 6.07 Å². The van der Waals surface area contributed by atoms with Gasteiger partial charge in [0.2, 0.25) is 5.75 Å². The number of methoxy groups -OCH3 is 4. The SMILES string of the molecule is COC(=O)C(=C/c1ccccc1)/C(C#N)=C\c1cc(OC)c(OC)c(OC)c1. The maximum atomic E-state index is 12.3. The molecule has 0 aliphatic carbocycles. The van der Waals surface area contributed by atoms with Crippen LogP contribution in [0.15, 0.2) is 53.6 Å². The van der Waals surface area contributed by atoms with Crippen LogP contribution in [0.5, 0.6) is 17.2 Å². The van der Waals surface area contributed by atoms with Crippen molar-refractivity contribution >= 4 is 18.1 Å². The standard InChI is InChI=1S/C22H21NO5/c1-25-19-12-16(13-20(26-2)21(19)27-3)10-17(14-23)18(22(24)28-4)11-15-8-6-5-7-9-15/h5-13H,1-4H3/b17-10-,18-11+. The average molecular weight is 379 g/mol. The lowest BCUT2D eigenvalue weighted by molar-refractivity contribution is -0.135. The smallest absolute Gasteiger partial charge is 0.339 e. The van der Waals surface area contributed by atoms with Gasteiger partial charge < -0.3 is 18.9 Å². The fourth-order valence-corrected chi connectivity index (χ4v) is 2.59. The van der Waals surface area contributed by atoms with Crippen molar-refractivity contribution in [1.29, 1.82) is 5.26 Å². The van der Waals surface area contributed by atoms with E-state index in [0.29, 0.717) is 22.8 Å². The second kappa shape index (κ2) is 9.83. The highest BCUT2D eigenvalue weighted by Gasteiger charge is 2.17. The highest BCUT2D eigenvalue weighted by molar-refractivity contribution is 6.01. The van der Waals surface area contributed by atoms with Crippen molar-refractivity contribution in [3.8, 4) is 23.3 Å². The topological polar surface area (TPSA) is 77.8 Å². The Hall–Kier alpha value is -3.72. The van der Waals surface area contributed by atoms with E-state index in [1.54, 1.807) is 24.3 Å². The molecular formula is C22H21NO5. The molecule has 0 amide bonds. The lowest BCUT2D eigenvalue weighted by Crippen LogP contribution is -2.06. The molecular weight excluding hydrogens is 358 g/mol. The van der Waals surface area contributed by atoms with Crippen molar-refractivity contribution < 1.29 is 23.7 Å². The molecule has 0 unspecified atom stereocenters. The zero-order valence-corrected chi connectivity index (χ0v) is 16.2. The third-order valence-electron chi connectivity index (χ3n) is 3.92. The molecule has 6 nitrogen and oxygen atoms in total. The molecule has 144 valence electrons. The van der Waals surface area contributed by atoms with Crippen LogP contribution in [0.2, 0.25) is 0 Å². The van der Waals surface area contributed by atoms with Gasteiger partial charge in [0.15, 0.2) is 11.5 Å². The molecule has 0 aliphatic heterocycles. The van der Waals surface area contributed by atoms with Gasteiger partial charge in [-0.2, -0.15) is 5.26 Å². The number of hydrogen-bond donors (Lipinski definition) is 0. The normalized spacial score (nSPS) is 11.4. The first-order valence-corrected chi connectivity index (χ1v) is 8.35. The minimum absolute atomic E-state index is 0.143. The van der Waals surface area contributed by atoms with Crippen LogP contribution in [0.25, 0.3) is 12.2 Å².